The van der Waals surface area contributed by atoms with Crippen LogP contribution < -0.4 is 52.2 Å². The summed E-state index contributed by atoms with van der Waals surface area (Å²) in [6.07, 6.45) is 22.3. The van der Waals surface area contributed by atoms with E-state index in [0.717, 1.165) is 0 Å². The number of benzene rings is 4. The molecule has 70 heavy (non-hydrogen) atoms. The first-order chi connectivity index (χ1) is 33.1. The van der Waals surface area contributed by atoms with E-state index < -0.39 is 53.8 Å². The van der Waals surface area contributed by atoms with Crippen LogP contribution in [0.1, 0.15) is 172 Å². The Morgan fingerprint density at radius 1 is 0.357 bits per heavy atom. The quantitative estimate of drug-likeness (QED) is 0.0445. The molecule has 4 aromatic rings. The van der Waals surface area contributed by atoms with E-state index in [9.17, 15) is 0 Å². The van der Waals surface area contributed by atoms with Gasteiger partial charge in [0.05, 0.1) is 0 Å². The van der Waals surface area contributed by atoms with Crippen molar-refractivity contribution in [1.29, 1.82) is 0 Å². The molecule has 4 aromatic carbocycles. The van der Waals surface area contributed by atoms with Crippen LogP contribution in [-0.2, 0) is 41.8 Å². The number of rotatable bonds is 28. The Bertz CT molecular complexity index is 1960. The van der Waals surface area contributed by atoms with Gasteiger partial charge in [0.1, 0.15) is 0 Å². The Labute approximate surface area is 459 Å². The summed E-state index contributed by atoms with van der Waals surface area (Å²) < 4.78 is 12.5. The zero-order valence-electron chi connectivity index (χ0n) is 45.3. The number of hydrogen-bond donors (Lipinski definition) is 2. The van der Waals surface area contributed by atoms with Gasteiger partial charge in [0, 0.05) is 0 Å². The van der Waals surface area contributed by atoms with E-state index in [1.54, 1.807) is 54.2 Å². The van der Waals surface area contributed by atoms with Gasteiger partial charge in [-0.15, -0.1) is 0 Å². The van der Waals surface area contributed by atoms with Gasteiger partial charge in [-0.3, -0.25) is 0 Å². The fourth-order valence-corrected chi connectivity index (χ4v) is 74.0. The van der Waals surface area contributed by atoms with Crippen LogP contribution in [0.4, 0.5) is 0 Å². The minimum Gasteiger partial charge on any atom is -1.00 e. The standard InChI is InChI=1S/2C12H11Si.2C10H22N.2C9H13.2ClH.2Hf/c2*1-3-7-11(8-4-1)13-12-9-5-2-6-10-12;2*1-2-3-4-5-6-7-8-9-10-11;2*1-6-5-7(2)9(4)8(6)3;;;;/h2*1-10,13H;2*11H,2-10H2,1H3;2*6H,1-4H3;2*1H;;/q;;2*-1;;;;;2*+2/p-2. The van der Waals surface area contributed by atoms with Crippen molar-refractivity contribution in [3.8, 4) is 0 Å². The van der Waals surface area contributed by atoms with Crippen LogP contribution in [0.5, 0.6) is 0 Å². The van der Waals surface area contributed by atoms with Gasteiger partial charge in [-0.2, -0.15) is 0 Å². The van der Waals surface area contributed by atoms with Crippen LogP contribution in [0.15, 0.2) is 161 Å². The van der Waals surface area contributed by atoms with E-state index >= 15 is 0 Å². The Morgan fingerprint density at radius 3 is 0.829 bits per heavy atom. The molecule has 2 nitrogen and oxygen atoms in total. The molecule has 2 atom stereocenters. The fraction of sp³-hybridized carbons (Fsp3) is 0.484. The van der Waals surface area contributed by atoms with E-state index in [-0.39, 0.29) is 24.8 Å². The second-order valence-electron chi connectivity index (χ2n) is 20.3. The Morgan fingerprint density at radius 2 is 0.600 bits per heavy atom. The van der Waals surface area contributed by atoms with Gasteiger partial charge < -0.3 is 24.8 Å². The van der Waals surface area contributed by atoms with Crippen molar-refractivity contribution >= 4 is 32.7 Å². The molecule has 0 fully saturated rings. The molecular weight excluding hydrogens is 1260 g/mol. The number of nitrogens with one attached hydrogen (secondary N) is 2. The molecule has 2 unspecified atom stereocenters. The molecule has 0 heterocycles. The summed E-state index contributed by atoms with van der Waals surface area (Å²) in [5, 5.41) is 6.53. The van der Waals surface area contributed by atoms with Crippen LogP contribution in [0.2, 0.25) is 0 Å². The van der Waals surface area contributed by atoms with Crippen molar-refractivity contribution in [3.05, 3.63) is 161 Å². The third-order valence-electron chi connectivity index (χ3n) is 15.7. The molecule has 0 spiro atoms. The van der Waals surface area contributed by atoms with Crippen molar-refractivity contribution < 1.29 is 66.6 Å². The summed E-state index contributed by atoms with van der Waals surface area (Å²) in [5.41, 5.74) is 9.59. The first-order valence-electron chi connectivity index (χ1n) is 27.3. The van der Waals surface area contributed by atoms with Gasteiger partial charge in [0.25, 0.3) is 0 Å². The predicted octanol–water partition coefficient (Wildman–Crippen LogP) is 8.10. The molecular formula is C62H92Cl2Hf2N2Si2. The van der Waals surface area contributed by atoms with E-state index in [0.29, 0.717) is 11.8 Å². The van der Waals surface area contributed by atoms with Gasteiger partial charge in [-0.05, 0) is 0 Å². The van der Waals surface area contributed by atoms with E-state index in [2.05, 4.69) is 197 Å². The van der Waals surface area contributed by atoms with Crippen molar-refractivity contribution in [2.24, 2.45) is 11.8 Å². The molecule has 0 aliphatic heterocycles. The van der Waals surface area contributed by atoms with Crippen LogP contribution in [0.3, 0.4) is 0 Å². The molecule has 380 valence electrons. The minimum absolute atomic E-state index is 0. The first-order valence-corrected chi connectivity index (χ1v) is 50.4. The third-order valence-corrected chi connectivity index (χ3v) is 70.8. The van der Waals surface area contributed by atoms with Crippen molar-refractivity contribution in [3.63, 3.8) is 0 Å². The van der Waals surface area contributed by atoms with Crippen LogP contribution >= 0.6 is 0 Å². The van der Waals surface area contributed by atoms with Gasteiger partial charge in [0.2, 0.25) is 0 Å². The second-order valence-corrected chi connectivity index (χ2v) is 58.9. The number of hydrogen-bond acceptors (Lipinski definition) is 2. The zero-order chi connectivity index (χ0) is 48.7. The number of halogens is 2. The van der Waals surface area contributed by atoms with Gasteiger partial charge >= 0.3 is 439 Å². The van der Waals surface area contributed by atoms with Gasteiger partial charge in [-0.25, -0.2) is 0 Å². The van der Waals surface area contributed by atoms with Crippen molar-refractivity contribution in [2.45, 2.75) is 172 Å². The van der Waals surface area contributed by atoms with Crippen LogP contribution in [-0.4, -0.2) is 25.1 Å². The van der Waals surface area contributed by atoms with E-state index in [1.165, 1.54) is 116 Å². The molecule has 6 rings (SSSR count). The average Bonchev–Trinajstić information content (AvgIpc) is 3.68. The zero-order valence-corrected chi connectivity index (χ0v) is 56.3. The van der Waals surface area contributed by atoms with E-state index in [4.69, 9.17) is 0 Å². The summed E-state index contributed by atoms with van der Waals surface area (Å²) >= 11 is -4.75. The first kappa shape index (κ1) is 62.8. The van der Waals surface area contributed by atoms with Crippen LogP contribution in [0, 0.1) is 11.8 Å². The normalized spacial score (nSPS) is 15.7. The largest absolute Gasteiger partial charge is 1.00 e. The summed E-state index contributed by atoms with van der Waals surface area (Å²) in [7, 11) is 0. The molecule has 0 amide bonds. The topological polar surface area (TPSA) is 24.1 Å². The molecule has 8 heteroatoms. The fourth-order valence-electron chi connectivity index (χ4n) is 10.9. The maximum Gasteiger partial charge on any atom is -1.00 e. The molecule has 0 aromatic heterocycles. The second kappa shape index (κ2) is 34.9. The predicted molar refractivity (Wildman–Crippen MR) is 300 cm³/mol. The number of unbranched alkanes of at least 4 members (excludes halogenated alkanes) is 14. The molecule has 0 radical (unpaired) electrons. The maximum atomic E-state index is 4.36. The smallest absolute Gasteiger partial charge is 1.00 e. The summed E-state index contributed by atoms with van der Waals surface area (Å²) in [5.74, 6) is -1.38. The summed E-state index contributed by atoms with van der Waals surface area (Å²) in [6, 6.07) is 46.2. The molecule has 2 N–H and O–H groups in total. The van der Waals surface area contributed by atoms with Crippen LogP contribution in [0.25, 0.3) is 0 Å². The van der Waals surface area contributed by atoms with Crippen molar-refractivity contribution in [1.82, 2.24) is 6.61 Å². The average molecular weight is 1350 g/mol. The molecule has 2 aliphatic carbocycles. The maximum absolute atomic E-state index is 4.36. The molecule has 0 bridgehead atoms. The number of allylic oxidation sites excluding steroid dienone is 8. The SMILES string of the molecule is CCCCCCCCCC[NH][Hf+]([C]1=C(C)C(C)=C(C)C1C)[SiH](c1ccccc1)c1ccccc1.CCCCCCCCCC[NH][Hf+]([C]1=C(C)C(C)=C(C)C1C)[SiH](c1ccccc1)c1ccccc1.[Cl-].[Cl-]. The molecule has 0 saturated heterocycles. The van der Waals surface area contributed by atoms with Gasteiger partial charge in [-0.1, -0.05) is 0 Å². The third kappa shape index (κ3) is 18.4. The molecule has 2 aliphatic rings. The van der Waals surface area contributed by atoms with Crippen molar-refractivity contribution in [2.75, 3.05) is 13.1 Å². The Kier molecular flexibility index (Phi) is 31.3. The Hall–Kier alpha value is -1.49. The minimum atomic E-state index is -2.37. The monoisotopic (exact) mass is 1350 g/mol. The van der Waals surface area contributed by atoms with E-state index in [1.807, 2.05) is 6.66 Å². The molecule has 0 saturated carbocycles. The Balaban J connectivity index is 0.000000360. The summed E-state index contributed by atoms with van der Waals surface area (Å²) in [6.45, 7) is 26.3. The van der Waals surface area contributed by atoms with Gasteiger partial charge in [0.15, 0.2) is 0 Å². The summed E-state index contributed by atoms with van der Waals surface area (Å²) in [4.78, 5) is 0.